The normalized spacial score (nSPS) is 11.2. The van der Waals surface area contributed by atoms with Crippen LogP contribution in [0.5, 0.6) is 0 Å². The molecule has 132 valence electrons. The fourth-order valence-electron chi connectivity index (χ4n) is 3.12. The summed E-state index contributed by atoms with van der Waals surface area (Å²) in [5, 5.41) is 3.23. The monoisotopic (exact) mass is 345 g/mol. The van der Waals surface area contributed by atoms with E-state index in [9.17, 15) is 4.79 Å². The summed E-state index contributed by atoms with van der Waals surface area (Å²) in [7, 11) is 1.65. The van der Waals surface area contributed by atoms with Crippen molar-refractivity contribution in [3.8, 4) is 0 Å². The van der Waals surface area contributed by atoms with E-state index in [1.165, 1.54) is 0 Å². The van der Waals surface area contributed by atoms with Crippen LogP contribution in [0.3, 0.4) is 0 Å². The maximum Gasteiger partial charge on any atom is 0.252 e. The zero-order chi connectivity index (χ0) is 18.4. The number of hydrogen-bond donors (Lipinski definition) is 1. The van der Waals surface area contributed by atoms with Crippen LogP contribution in [0.4, 0.5) is 0 Å². The minimum absolute atomic E-state index is 0.113. The van der Waals surface area contributed by atoms with Crippen molar-refractivity contribution < 1.29 is 9.53 Å². The van der Waals surface area contributed by atoms with Crippen molar-refractivity contribution in [1.82, 2.24) is 5.32 Å². The predicted octanol–water partition coefficient (Wildman–Crippen LogP) is 4.53. The van der Waals surface area contributed by atoms with Gasteiger partial charge >= 0.3 is 0 Å². The van der Waals surface area contributed by atoms with Gasteiger partial charge in [0.25, 0.3) is 5.91 Å². The zero-order valence-electron chi connectivity index (χ0n) is 15.1. The summed E-state index contributed by atoms with van der Waals surface area (Å²) < 4.78 is 5.17. The molecule has 1 N–H and O–H groups in total. The summed E-state index contributed by atoms with van der Waals surface area (Å²) in [6.07, 6.45) is 0. The van der Waals surface area contributed by atoms with Gasteiger partial charge in [0.2, 0.25) is 0 Å². The highest BCUT2D eigenvalue weighted by atomic mass is 16.5. The van der Waals surface area contributed by atoms with E-state index in [0.29, 0.717) is 12.2 Å². The number of nitrogens with one attached hydrogen (secondary N) is 1. The van der Waals surface area contributed by atoms with Crippen LogP contribution in [-0.4, -0.2) is 13.0 Å². The van der Waals surface area contributed by atoms with Gasteiger partial charge in [0, 0.05) is 12.7 Å². The first-order valence-electron chi connectivity index (χ1n) is 8.65. The second kappa shape index (κ2) is 7.98. The molecule has 0 unspecified atom stereocenters. The van der Waals surface area contributed by atoms with Crippen LogP contribution in [0.15, 0.2) is 84.9 Å². The van der Waals surface area contributed by atoms with Crippen molar-refractivity contribution in [2.45, 2.75) is 19.1 Å². The number of methoxy groups -OCH3 is 1. The third kappa shape index (κ3) is 3.84. The maximum absolute atomic E-state index is 13.0. The number of amides is 1. The van der Waals surface area contributed by atoms with E-state index in [2.05, 4.69) is 5.32 Å². The van der Waals surface area contributed by atoms with Gasteiger partial charge in [0.15, 0.2) is 0 Å². The highest BCUT2D eigenvalue weighted by molar-refractivity contribution is 5.95. The molecule has 0 spiro atoms. The quantitative estimate of drug-likeness (QED) is 0.713. The van der Waals surface area contributed by atoms with Crippen LogP contribution < -0.4 is 5.32 Å². The SMILES string of the molecule is COCc1cccc(C(=O)NC(C)(c2ccccc2)c2ccccc2)c1. The lowest BCUT2D eigenvalue weighted by atomic mass is 9.84. The lowest BCUT2D eigenvalue weighted by Gasteiger charge is -2.32. The number of rotatable bonds is 6. The van der Waals surface area contributed by atoms with Crippen LogP contribution in [-0.2, 0) is 16.9 Å². The molecule has 0 aliphatic rings. The molecule has 26 heavy (non-hydrogen) atoms. The van der Waals surface area contributed by atoms with E-state index in [-0.39, 0.29) is 5.91 Å². The number of carbonyl (C=O) groups excluding carboxylic acids is 1. The van der Waals surface area contributed by atoms with Crippen molar-refractivity contribution in [3.63, 3.8) is 0 Å². The van der Waals surface area contributed by atoms with Gasteiger partial charge in [-0.1, -0.05) is 72.8 Å². The van der Waals surface area contributed by atoms with E-state index in [1.807, 2.05) is 91.9 Å². The molecular formula is C23H23NO2. The molecule has 0 bridgehead atoms. The molecule has 0 heterocycles. The molecule has 3 nitrogen and oxygen atoms in total. The third-order valence-electron chi connectivity index (χ3n) is 4.57. The average Bonchev–Trinajstić information content (AvgIpc) is 2.70. The summed E-state index contributed by atoms with van der Waals surface area (Å²) in [4.78, 5) is 13.0. The van der Waals surface area contributed by atoms with E-state index in [1.54, 1.807) is 7.11 Å². The minimum atomic E-state index is -0.628. The maximum atomic E-state index is 13.0. The molecule has 0 aliphatic carbocycles. The van der Waals surface area contributed by atoms with Crippen LogP contribution in [0.1, 0.15) is 34.0 Å². The second-order valence-electron chi connectivity index (χ2n) is 6.44. The fraction of sp³-hybridized carbons (Fsp3) is 0.174. The molecule has 0 aromatic heterocycles. The highest BCUT2D eigenvalue weighted by Gasteiger charge is 2.30. The van der Waals surface area contributed by atoms with Gasteiger partial charge in [-0.25, -0.2) is 0 Å². The van der Waals surface area contributed by atoms with Crippen molar-refractivity contribution >= 4 is 5.91 Å². The van der Waals surface area contributed by atoms with Crippen LogP contribution in [0.2, 0.25) is 0 Å². The van der Waals surface area contributed by atoms with E-state index >= 15 is 0 Å². The van der Waals surface area contributed by atoms with Crippen LogP contribution in [0, 0.1) is 0 Å². The lowest BCUT2D eigenvalue weighted by Crippen LogP contribution is -2.44. The molecule has 0 radical (unpaired) electrons. The summed E-state index contributed by atoms with van der Waals surface area (Å²) >= 11 is 0. The van der Waals surface area contributed by atoms with Crippen molar-refractivity contribution in [2.24, 2.45) is 0 Å². The number of carbonyl (C=O) groups is 1. The summed E-state index contributed by atoms with van der Waals surface area (Å²) in [5.41, 5.74) is 3.04. The minimum Gasteiger partial charge on any atom is -0.380 e. The Hall–Kier alpha value is -2.91. The first-order valence-corrected chi connectivity index (χ1v) is 8.65. The third-order valence-corrected chi connectivity index (χ3v) is 4.57. The van der Waals surface area contributed by atoms with E-state index in [4.69, 9.17) is 4.74 Å². The highest BCUT2D eigenvalue weighted by Crippen LogP contribution is 2.29. The van der Waals surface area contributed by atoms with Crippen molar-refractivity contribution in [1.29, 1.82) is 0 Å². The lowest BCUT2D eigenvalue weighted by molar-refractivity contribution is 0.0918. The average molecular weight is 345 g/mol. The Labute approximate surface area is 154 Å². The Morgan fingerprint density at radius 1 is 0.885 bits per heavy atom. The predicted molar refractivity (Wildman–Crippen MR) is 104 cm³/mol. The number of benzene rings is 3. The van der Waals surface area contributed by atoms with Gasteiger partial charge in [-0.05, 0) is 35.7 Å². The molecule has 0 saturated carbocycles. The van der Waals surface area contributed by atoms with Gasteiger partial charge in [-0.2, -0.15) is 0 Å². The molecule has 0 saturated heterocycles. The van der Waals surface area contributed by atoms with Crippen LogP contribution in [0.25, 0.3) is 0 Å². The second-order valence-corrected chi connectivity index (χ2v) is 6.44. The Kier molecular flexibility index (Phi) is 5.49. The van der Waals surface area contributed by atoms with Gasteiger partial charge in [0.05, 0.1) is 12.1 Å². The number of ether oxygens (including phenoxy) is 1. The Bertz CT molecular complexity index is 820. The largest absolute Gasteiger partial charge is 0.380 e. The molecule has 3 aromatic rings. The van der Waals surface area contributed by atoms with Crippen LogP contribution >= 0.6 is 0 Å². The first kappa shape index (κ1) is 17.9. The van der Waals surface area contributed by atoms with Crippen molar-refractivity contribution in [2.75, 3.05) is 7.11 Å². The van der Waals surface area contributed by atoms with Gasteiger partial charge in [-0.3, -0.25) is 4.79 Å². The first-order chi connectivity index (χ1) is 12.6. The smallest absolute Gasteiger partial charge is 0.252 e. The molecule has 1 amide bonds. The molecule has 3 heteroatoms. The topological polar surface area (TPSA) is 38.3 Å². The summed E-state index contributed by atoms with van der Waals surface area (Å²) in [5.74, 6) is -0.113. The van der Waals surface area contributed by atoms with E-state index < -0.39 is 5.54 Å². The Morgan fingerprint density at radius 3 is 2.00 bits per heavy atom. The summed E-state index contributed by atoms with van der Waals surface area (Å²) in [6, 6.07) is 27.6. The molecular weight excluding hydrogens is 322 g/mol. The number of hydrogen-bond acceptors (Lipinski definition) is 2. The van der Waals surface area contributed by atoms with Gasteiger partial charge < -0.3 is 10.1 Å². The summed E-state index contributed by atoms with van der Waals surface area (Å²) in [6.45, 7) is 2.52. The van der Waals surface area contributed by atoms with Crippen molar-refractivity contribution in [3.05, 3.63) is 107 Å². The fourth-order valence-corrected chi connectivity index (χ4v) is 3.12. The standard InChI is InChI=1S/C23H23NO2/c1-23(20-12-5-3-6-13-20,21-14-7-4-8-15-21)24-22(25)19-11-9-10-18(16-19)17-26-2/h3-16H,17H2,1-2H3,(H,24,25). The zero-order valence-corrected chi connectivity index (χ0v) is 15.1. The Balaban J connectivity index is 1.96. The van der Waals surface area contributed by atoms with Gasteiger partial charge in [-0.15, -0.1) is 0 Å². The Morgan fingerprint density at radius 2 is 1.46 bits per heavy atom. The molecule has 3 aromatic carbocycles. The molecule has 0 aliphatic heterocycles. The van der Waals surface area contributed by atoms with E-state index in [0.717, 1.165) is 16.7 Å². The molecule has 3 rings (SSSR count). The van der Waals surface area contributed by atoms with Gasteiger partial charge in [0.1, 0.15) is 0 Å². The molecule has 0 fully saturated rings. The molecule has 0 atom stereocenters.